The molecule has 0 saturated carbocycles. The second-order valence-electron chi connectivity index (χ2n) is 6.28. The highest BCUT2D eigenvalue weighted by Crippen LogP contribution is 2.23. The van der Waals surface area contributed by atoms with Crippen LogP contribution in [0.25, 0.3) is 0 Å². The zero-order valence-corrected chi connectivity index (χ0v) is 14.9. The van der Waals surface area contributed by atoms with Crippen molar-refractivity contribution in [2.24, 2.45) is 0 Å². The standard InChI is InChI=1S/C18H21ClN4O2/c1-13(14-5-3-2-4-6-14)11-16(24)23-9-7-22(8-10-23)15-12-20-21-18(25)17(15)19/h2-6,12-13H,7-11H2,1H3,(H,21,25)/t13-/m0/s1. The molecular formula is C18H21ClN4O2. The van der Waals surface area contributed by atoms with E-state index < -0.39 is 5.56 Å². The number of amides is 1. The second-order valence-corrected chi connectivity index (χ2v) is 6.66. The number of anilines is 1. The third-order valence-corrected chi connectivity index (χ3v) is 4.96. The largest absolute Gasteiger partial charge is 0.365 e. The van der Waals surface area contributed by atoms with Gasteiger partial charge in [0.15, 0.2) is 0 Å². The summed E-state index contributed by atoms with van der Waals surface area (Å²) in [5, 5.41) is 6.26. The van der Waals surface area contributed by atoms with Crippen LogP contribution in [-0.4, -0.2) is 47.2 Å². The van der Waals surface area contributed by atoms with Crippen LogP contribution in [0, 0.1) is 0 Å². The molecule has 0 radical (unpaired) electrons. The molecule has 7 heteroatoms. The lowest BCUT2D eigenvalue weighted by Crippen LogP contribution is -2.49. The Morgan fingerprint density at radius 1 is 1.24 bits per heavy atom. The molecule has 0 unspecified atom stereocenters. The van der Waals surface area contributed by atoms with Gasteiger partial charge in [0, 0.05) is 32.6 Å². The van der Waals surface area contributed by atoms with Gasteiger partial charge in [0.25, 0.3) is 5.56 Å². The minimum Gasteiger partial charge on any atom is -0.365 e. The van der Waals surface area contributed by atoms with Crippen LogP contribution in [-0.2, 0) is 4.79 Å². The SMILES string of the molecule is C[C@@H](CC(=O)N1CCN(c2cn[nH]c(=O)c2Cl)CC1)c1ccccc1. The maximum atomic E-state index is 12.6. The maximum Gasteiger partial charge on any atom is 0.285 e. The lowest BCUT2D eigenvalue weighted by Gasteiger charge is -2.36. The summed E-state index contributed by atoms with van der Waals surface area (Å²) in [5.41, 5.74) is 1.40. The fraction of sp³-hybridized carbons (Fsp3) is 0.389. The fourth-order valence-corrected chi connectivity index (χ4v) is 3.29. The first-order valence-corrected chi connectivity index (χ1v) is 8.75. The number of carbonyl (C=O) groups is 1. The highest BCUT2D eigenvalue weighted by atomic mass is 35.5. The number of aromatic amines is 1. The maximum absolute atomic E-state index is 12.6. The predicted molar refractivity (Wildman–Crippen MR) is 98.1 cm³/mol. The van der Waals surface area contributed by atoms with Gasteiger partial charge in [0.05, 0.1) is 11.9 Å². The number of hydrogen-bond donors (Lipinski definition) is 1. The van der Waals surface area contributed by atoms with Gasteiger partial charge in [-0.2, -0.15) is 5.10 Å². The summed E-state index contributed by atoms with van der Waals surface area (Å²) in [6.07, 6.45) is 2.05. The first-order valence-electron chi connectivity index (χ1n) is 8.37. The minimum atomic E-state index is -0.394. The van der Waals surface area contributed by atoms with Crippen molar-refractivity contribution in [2.75, 3.05) is 31.1 Å². The first-order chi connectivity index (χ1) is 12.1. The summed E-state index contributed by atoms with van der Waals surface area (Å²) in [6.45, 7) is 4.57. The highest BCUT2D eigenvalue weighted by molar-refractivity contribution is 6.33. The van der Waals surface area contributed by atoms with Gasteiger partial charge in [-0.1, -0.05) is 48.9 Å². The first kappa shape index (κ1) is 17.5. The quantitative estimate of drug-likeness (QED) is 0.908. The molecule has 1 aliphatic rings. The lowest BCUT2D eigenvalue weighted by atomic mass is 9.97. The van der Waals surface area contributed by atoms with E-state index >= 15 is 0 Å². The third-order valence-electron chi connectivity index (χ3n) is 4.60. The number of carbonyl (C=O) groups excluding carboxylic acids is 1. The van der Waals surface area contributed by atoms with E-state index in [9.17, 15) is 9.59 Å². The Kier molecular flexibility index (Phi) is 5.38. The van der Waals surface area contributed by atoms with Gasteiger partial charge in [-0.15, -0.1) is 0 Å². The van der Waals surface area contributed by atoms with Crippen LogP contribution in [0.15, 0.2) is 41.3 Å². The molecule has 1 saturated heterocycles. The summed E-state index contributed by atoms with van der Waals surface area (Å²) in [4.78, 5) is 28.0. The normalized spacial score (nSPS) is 15.9. The van der Waals surface area contributed by atoms with Crippen molar-refractivity contribution in [3.63, 3.8) is 0 Å². The van der Waals surface area contributed by atoms with Gasteiger partial charge in [0.2, 0.25) is 5.91 Å². The van der Waals surface area contributed by atoms with Crippen molar-refractivity contribution in [1.29, 1.82) is 0 Å². The zero-order valence-electron chi connectivity index (χ0n) is 14.1. The van der Waals surface area contributed by atoms with E-state index in [0.717, 1.165) is 0 Å². The molecule has 1 amide bonds. The van der Waals surface area contributed by atoms with E-state index in [1.165, 1.54) is 5.56 Å². The Balaban J connectivity index is 1.58. The van der Waals surface area contributed by atoms with Crippen molar-refractivity contribution in [3.8, 4) is 0 Å². The molecule has 132 valence electrons. The van der Waals surface area contributed by atoms with E-state index in [0.29, 0.717) is 38.3 Å². The van der Waals surface area contributed by atoms with Crippen molar-refractivity contribution >= 4 is 23.2 Å². The van der Waals surface area contributed by atoms with Crippen LogP contribution in [0.4, 0.5) is 5.69 Å². The molecule has 1 fully saturated rings. The molecule has 2 heterocycles. The Hall–Kier alpha value is -2.34. The van der Waals surface area contributed by atoms with Gasteiger partial charge in [-0.3, -0.25) is 9.59 Å². The Morgan fingerprint density at radius 2 is 1.92 bits per heavy atom. The average molecular weight is 361 g/mol. The Bertz CT molecular complexity index is 785. The number of H-pyrrole nitrogens is 1. The summed E-state index contributed by atoms with van der Waals surface area (Å²) in [6, 6.07) is 10.1. The van der Waals surface area contributed by atoms with Gasteiger partial charge in [-0.25, -0.2) is 5.10 Å². The van der Waals surface area contributed by atoms with Crippen molar-refractivity contribution in [3.05, 3.63) is 57.5 Å². The molecule has 1 aromatic heterocycles. The third kappa shape index (κ3) is 4.02. The summed E-state index contributed by atoms with van der Waals surface area (Å²) in [7, 11) is 0. The highest BCUT2D eigenvalue weighted by Gasteiger charge is 2.24. The number of nitrogens with one attached hydrogen (secondary N) is 1. The van der Waals surface area contributed by atoms with Crippen LogP contribution in [0.1, 0.15) is 24.8 Å². The number of halogens is 1. The van der Waals surface area contributed by atoms with Crippen LogP contribution >= 0.6 is 11.6 Å². The number of benzene rings is 1. The number of rotatable bonds is 4. The molecule has 1 N–H and O–H groups in total. The summed E-state index contributed by atoms with van der Waals surface area (Å²) >= 11 is 6.06. The van der Waals surface area contributed by atoms with E-state index in [-0.39, 0.29) is 16.8 Å². The van der Waals surface area contributed by atoms with Crippen LogP contribution < -0.4 is 10.5 Å². The molecule has 0 aliphatic carbocycles. The predicted octanol–water partition coefficient (Wildman–Crippen LogP) is 2.27. The Morgan fingerprint density at radius 3 is 2.60 bits per heavy atom. The molecule has 2 aromatic rings. The van der Waals surface area contributed by atoms with E-state index in [1.54, 1.807) is 6.20 Å². The number of hydrogen-bond acceptors (Lipinski definition) is 4. The number of piperazine rings is 1. The van der Waals surface area contributed by atoms with Crippen molar-refractivity contribution in [1.82, 2.24) is 15.1 Å². The van der Waals surface area contributed by atoms with Crippen molar-refractivity contribution in [2.45, 2.75) is 19.3 Å². The van der Waals surface area contributed by atoms with Gasteiger partial charge in [0.1, 0.15) is 5.02 Å². The topological polar surface area (TPSA) is 69.3 Å². The Labute approximate surface area is 151 Å². The minimum absolute atomic E-state index is 0.146. The van der Waals surface area contributed by atoms with Crippen LogP contribution in [0.2, 0.25) is 5.02 Å². The molecule has 1 aliphatic heterocycles. The smallest absolute Gasteiger partial charge is 0.285 e. The van der Waals surface area contributed by atoms with Gasteiger partial charge >= 0.3 is 0 Å². The number of nitrogens with zero attached hydrogens (tertiary/aromatic N) is 3. The molecule has 0 spiro atoms. The monoisotopic (exact) mass is 360 g/mol. The van der Waals surface area contributed by atoms with E-state index in [2.05, 4.69) is 29.3 Å². The van der Waals surface area contributed by atoms with E-state index in [1.807, 2.05) is 28.0 Å². The van der Waals surface area contributed by atoms with Gasteiger partial charge < -0.3 is 9.80 Å². The second kappa shape index (κ2) is 7.70. The van der Waals surface area contributed by atoms with E-state index in [4.69, 9.17) is 11.6 Å². The number of aromatic nitrogens is 2. The average Bonchev–Trinajstić information content (AvgIpc) is 2.65. The van der Waals surface area contributed by atoms with Crippen molar-refractivity contribution < 1.29 is 4.79 Å². The molecule has 6 nitrogen and oxygen atoms in total. The lowest BCUT2D eigenvalue weighted by molar-refractivity contribution is -0.131. The molecule has 25 heavy (non-hydrogen) atoms. The fourth-order valence-electron chi connectivity index (χ4n) is 3.08. The van der Waals surface area contributed by atoms with Gasteiger partial charge in [-0.05, 0) is 11.5 Å². The molecular weight excluding hydrogens is 340 g/mol. The molecule has 3 rings (SSSR count). The zero-order chi connectivity index (χ0) is 17.8. The summed E-state index contributed by atoms with van der Waals surface area (Å²) in [5.74, 6) is 0.351. The summed E-state index contributed by atoms with van der Waals surface area (Å²) < 4.78 is 0. The molecule has 1 atom stereocenters. The van der Waals surface area contributed by atoms with Crippen LogP contribution in [0.3, 0.4) is 0 Å². The molecule has 0 bridgehead atoms. The molecule has 1 aromatic carbocycles. The van der Waals surface area contributed by atoms with Crippen LogP contribution in [0.5, 0.6) is 0 Å².